The van der Waals surface area contributed by atoms with Crippen LogP contribution in [0.1, 0.15) is 62.8 Å². The van der Waals surface area contributed by atoms with Crippen LogP contribution in [-0.2, 0) is 10.8 Å². The number of hydrogen-bond donors (Lipinski definition) is 0. The number of aromatic nitrogens is 1. The summed E-state index contributed by atoms with van der Waals surface area (Å²) in [4.78, 5) is 2.52. The monoisotopic (exact) mass is 644 g/mol. The lowest BCUT2D eigenvalue weighted by molar-refractivity contribution is 0.648. The van der Waals surface area contributed by atoms with Crippen molar-refractivity contribution in [1.82, 2.24) is 4.57 Å². The summed E-state index contributed by atoms with van der Waals surface area (Å²) in [5.41, 5.74) is 18.7. The number of benzene rings is 6. The molecule has 0 spiro atoms. The summed E-state index contributed by atoms with van der Waals surface area (Å²) >= 11 is 0. The number of para-hydroxylation sites is 3. The van der Waals surface area contributed by atoms with Gasteiger partial charge in [0, 0.05) is 44.4 Å². The summed E-state index contributed by atoms with van der Waals surface area (Å²) in [7, 11) is 0. The molecule has 0 bridgehead atoms. The van der Waals surface area contributed by atoms with Crippen molar-refractivity contribution in [1.29, 1.82) is 0 Å². The summed E-state index contributed by atoms with van der Waals surface area (Å²) in [5, 5.41) is 2.60. The zero-order valence-electron chi connectivity index (χ0n) is 29.2. The molecule has 0 saturated heterocycles. The number of anilines is 2. The summed E-state index contributed by atoms with van der Waals surface area (Å²) in [6, 6.07) is 51.8. The van der Waals surface area contributed by atoms with Crippen molar-refractivity contribution in [2.45, 2.75) is 51.4 Å². The van der Waals surface area contributed by atoms with Gasteiger partial charge in [-0.1, -0.05) is 113 Å². The molecule has 0 atom stereocenters. The maximum Gasteiger partial charge on any atom is 0.0544 e. The second kappa shape index (κ2) is 10.5. The Bertz CT molecular complexity index is 2580. The molecule has 0 saturated carbocycles. The lowest BCUT2D eigenvalue weighted by Gasteiger charge is -2.33. The van der Waals surface area contributed by atoms with Gasteiger partial charge in [-0.05, 0) is 118 Å². The summed E-state index contributed by atoms with van der Waals surface area (Å²) in [6.07, 6.45) is 4.57. The molecule has 0 amide bonds. The van der Waals surface area contributed by atoms with Crippen LogP contribution in [0.25, 0.3) is 44.2 Å². The minimum Gasteiger partial charge on any atom is -0.314 e. The van der Waals surface area contributed by atoms with E-state index >= 15 is 0 Å². The van der Waals surface area contributed by atoms with Crippen LogP contribution < -0.4 is 4.90 Å². The van der Waals surface area contributed by atoms with Crippen molar-refractivity contribution in [3.8, 4) is 16.8 Å². The van der Waals surface area contributed by atoms with E-state index in [-0.39, 0.29) is 10.8 Å². The molecular weight excluding hydrogens is 605 g/mol. The molecule has 2 heteroatoms. The molecule has 0 N–H and O–H groups in total. The Morgan fingerprint density at radius 1 is 0.500 bits per heavy atom. The maximum atomic E-state index is 2.52. The van der Waals surface area contributed by atoms with Gasteiger partial charge in [0.05, 0.1) is 11.0 Å². The second-order valence-electron chi connectivity index (χ2n) is 15.3. The van der Waals surface area contributed by atoms with Crippen molar-refractivity contribution in [3.63, 3.8) is 0 Å². The number of rotatable bonds is 4. The number of fused-ring (bicyclic) bond motifs is 8. The van der Waals surface area contributed by atoms with E-state index < -0.39 is 0 Å². The average molecular weight is 645 g/mol. The lowest BCUT2D eigenvalue weighted by atomic mass is 9.79. The van der Waals surface area contributed by atoms with Gasteiger partial charge in [0.2, 0.25) is 0 Å². The number of nitrogens with zero attached hydrogens (tertiary/aromatic N) is 2. The first kappa shape index (κ1) is 29.3. The Labute approximate surface area is 294 Å². The van der Waals surface area contributed by atoms with Crippen molar-refractivity contribution >= 4 is 38.8 Å². The number of hydrogen-bond acceptors (Lipinski definition) is 1. The van der Waals surface area contributed by atoms with Crippen LogP contribution in [0, 0.1) is 0 Å². The largest absolute Gasteiger partial charge is 0.314 e. The normalized spacial score (nSPS) is 16.6. The maximum absolute atomic E-state index is 2.52. The highest BCUT2D eigenvalue weighted by molar-refractivity contribution is 6.11. The molecule has 0 radical (unpaired) electrons. The zero-order valence-corrected chi connectivity index (χ0v) is 29.2. The van der Waals surface area contributed by atoms with Crippen LogP contribution in [0.3, 0.4) is 0 Å². The van der Waals surface area contributed by atoms with E-state index in [9.17, 15) is 0 Å². The first-order valence-corrected chi connectivity index (χ1v) is 18.0. The summed E-state index contributed by atoms with van der Waals surface area (Å²) < 4.78 is 2.44. The molecule has 50 heavy (non-hydrogen) atoms. The van der Waals surface area contributed by atoms with Crippen LogP contribution in [0.15, 0.2) is 157 Å². The Hall–Kier alpha value is -5.60. The third-order valence-electron chi connectivity index (χ3n) is 11.9. The fraction of sp³-hybridized carbons (Fsp3) is 0.167. The third kappa shape index (κ3) is 4.02. The minimum atomic E-state index is -0.166. The molecule has 3 aliphatic carbocycles. The predicted octanol–water partition coefficient (Wildman–Crippen LogP) is 12.7. The van der Waals surface area contributed by atoms with Gasteiger partial charge in [-0.2, -0.15) is 0 Å². The zero-order chi connectivity index (χ0) is 33.8. The van der Waals surface area contributed by atoms with Crippen molar-refractivity contribution in [2.24, 2.45) is 0 Å². The van der Waals surface area contributed by atoms with Crippen LogP contribution >= 0.6 is 0 Å². The van der Waals surface area contributed by atoms with Gasteiger partial charge in [0.1, 0.15) is 0 Å². The Balaban J connectivity index is 1.14. The van der Waals surface area contributed by atoms with Gasteiger partial charge in [0.15, 0.2) is 0 Å². The number of allylic oxidation sites excluding steroid dienone is 4. The first-order valence-electron chi connectivity index (χ1n) is 18.0. The minimum absolute atomic E-state index is 0.0197. The van der Waals surface area contributed by atoms with Crippen LogP contribution in [0.4, 0.5) is 11.4 Å². The molecule has 7 aromatic rings. The third-order valence-corrected chi connectivity index (χ3v) is 11.9. The second-order valence-corrected chi connectivity index (χ2v) is 15.3. The van der Waals surface area contributed by atoms with E-state index in [0.29, 0.717) is 0 Å². The average Bonchev–Trinajstić information content (AvgIpc) is 3.68. The van der Waals surface area contributed by atoms with Gasteiger partial charge in [-0.15, -0.1) is 0 Å². The molecule has 242 valence electrons. The molecule has 0 unspecified atom stereocenters. The van der Waals surface area contributed by atoms with Gasteiger partial charge >= 0.3 is 0 Å². The highest BCUT2D eigenvalue weighted by Crippen LogP contribution is 2.54. The van der Waals surface area contributed by atoms with Crippen LogP contribution in [0.2, 0.25) is 0 Å². The predicted molar refractivity (Wildman–Crippen MR) is 211 cm³/mol. The fourth-order valence-corrected chi connectivity index (χ4v) is 9.40. The molecule has 0 aliphatic heterocycles. The molecule has 1 heterocycles. The van der Waals surface area contributed by atoms with E-state index in [2.05, 4.69) is 183 Å². The molecule has 3 aliphatic rings. The SMILES string of the molecule is CC1(C)C2=C(CCC(N(c3ccccc3)c3ccc4c(c3)C(C)(C)c3cc5c(cc3-4)c3ccccc3n5-c3ccccc3)=C2)c2ccccc21. The molecule has 0 fully saturated rings. The molecule has 1 aromatic heterocycles. The van der Waals surface area contributed by atoms with Gasteiger partial charge < -0.3 is 9.47 Å². The smallest absolute Gasteiger partial charge is 0.0544 e. The molecular formula is C48H40N2. The quantitative estimate of drug-likeness (QED) is 0.185. The fourth-order valence-electron chi connectivity index (χ4n) is 9.40. The summed E-state index contributed by atoms with van der Waals surface area (Å²) in [6.45, 7) is 9.60. The van der Waals surface area contributed by atoms with E-state index in [4.69, 9.17) is 0 Å². The Kier molecular flexibility index (Phi) is 6.13. The molecule has 10 rings (SSSR count). The van der Waals surface area contributed by atoms with Crippen LogP contribution in [0.5, 0.6) is 0 Å². The first-order chi connectivity index (χ1) is 24.3. The van der Waals surface area contributed by atoms with E-state index in [1.165, 1.54) is 89.1 Å². The molecule has 2 nitrogen and oxygen atoms in total. The van der Waals surface area contributed by atoms with Gasteiger partial charge in [-0.25, -0.2) is 0 Å². The van der Waals surface area contributed by atoms with E-state index in [0.717, 1.165) is 12.8 Å². The highest BCUT2D eigenvalue weighted by atomic mass is 15.1. The van der Waals surface area contributed by atoms with Crippen molar-refractivity contribution < 1.29 is 0 Å². The molecule has 6 aromatic carbocycles. The van der Waals surface area contributed by atoms with E-state index in [1.54, 1.807) is 0 Å². The van der Waals surface area contributed by atoms with Crippen molar-refractivity contribution in [2.75, 3.05) is 4.90 Å². The Morgan fingerprint density at radius 2 is 1.20 bits per heavy atom. The topological polar surface area (TPSA) is 8.17 Å². The lowest BCUT2D eigenvalue weighted by Crippen LogP contribution is -2.22. The summed E-state index contributed by atoms with van der Waals surface area (Å²) in [5.74, 6) is 0. The van der Waals surface area contributed by atoms with Gasteiger partial charge in [0.25, 0.3) is 0 Å². The van der Waals surface area contributed by atoms with Gasteiger partial charge in [-0.3, -0.25) is 0 Å². The van der Waals surface area contributed by atoms with E-state index in [1.807, 2.05) is 0 Å². The Morgan fingerprint density at radius 3 is 2.02 bits per heavy atom. The van der Waals surface area contributed by atoms with Crippen molar-refractivity contribution in [3.05, 3.63) is 179 Å². The highest BCUT2D eigenvalue weighted by Gasteiger charge is 2.40. The standard InChI is InChI=1S/C48H40N2/c1-47(2)41-21-13-11-19-35(41)36-25-23-33(27-42(36)47)49(31-15-7-5-8-16-31)34-24-26-37-39-29-40-38-20-12-14-22-45(38)50(32-17-9-6-10-18-32)46(40)30-44(39)48(3,4)43(37)28-34/h5-22,24,26-30H,23,25H2,1-4H3. The van der Waals surface area contributed by atoms with Crippen LogP contribution in [-0.4, -0.2) is 4.57 Å².